The number of rotatable bonds is 5. The Morgan fingerprint density at radius 1 is 1.15 bits per heavy atom. The largest absolute Gasteiger partial charge is 0.332 e. The van der Waals surface area contributed by atoms with E-state index < -0.39 is 0 Å². The third-order valence-corrected chi connectivity index (χ3v) is 6.14. The number of nitrogens with zero attached hydrogens (tertiary/aromatic N) is 5. The molecule has 0 unspecified atom stereocenters. The van der Waals surface area contributed by atoms with Crippen LogP contribution in [0.5, 0.6) is 0 Å². The third kappa shape index (κ3) is 3.50. The lowest BCUT2D eigenvalue weighted by atomic mass is 9.94. The molecule has 6 nitrogen and oxygen atoms in total. The maximum absolute atomic E-state index is 13.0. The topological polar surface area (TPSA) is 54.3 Å². The van der Waals surface area contributed by atoms with Crippen molar-refractivity contribution < 1.29 is 4.79 Å². The Kier molecular flexibility index (Phi) is 5.00. The van der Waals surface area contributed by atoms with E-state index in [0.717, 1.165) is 50.4 Å². The summed E-state index contributed by atoms with van der Waals surface area (Å²) in [4.78, 5) is 22.0. The molecule has 0 spiro atoms. The molecule has 144 valence electrons. The number of fused-ring (bicyclic) bond motifs is 4. The second-order valence-corrected chi connectivity index (χ2v) is 7.87. The van der Waals surface area contributed by atoms with E-state index in [0.29, 0.717) is 12.5 Å². The molecule has 27 heavy (non-hydrogen) atoms. The summed E-state index contributed by atoms with van der Waals surface area (Å²) in [5.41, 5.74) is 4.66. The van der Waals surface area contributed by atoms with E-state index in [4.69, 9.17) is 0 Å². The molecule has 3 aliphatic rings. The monoisotopic (exact) mass is 367 g/mol. The highest BCUT2D eigenvalue weighted by molar-refractivity contribution is 5.80. The van der Waals surface area contributed by atoms with Crippen molar-refractivity contribution in [1.82, 2.24) is 24.6 Å². The van der Waals surface area contributed by atoms with Gasteiger partial charge < -0.3 is 4.90 Å². The average Bonchev–Trinajstić information content (AvgIpc) is 2.83. The predicted molar refractivity (Wildman–Crippen MR) is 104 cm³/mol. The van der Waals surface area contributed by atoms with Crippen molar-refractivity contribution in [3.05, 3.63) is 47.0 Å². The Morgan fingerprint density at radius 2 is 2.00 bits per heavy atom. The van der Waals surface area contributed by atoms with Gasteiger partial charge in [-0.15, -0.1) is 0 Å². The summed E-state index contributed by atoms with van der Waals surface area (Å²) in [6.45, 7) is 10.6. The fraction of sp³-hybridized carbons (Fsp3) is 0.571. The Morgan fingerprint density at radius 3 is 2.70 bits per heavy atom. The first-order valence-corrected chi connectivity index (χ1v) is 10.0. The van der Waals surface area contributed by atoms with Gasteiger partial charge in [-0.2, -0.15) is 5.10 Å². The lowest BCUT2D eigenvalue weighted by Gasteiger charge is -2.35. The number of carbonyl (C=O) groups excluding carboxylic acids is 1. The van der Waals surface area contributed by atoms with Gasteiger partial charge in [-0.05, 0) is 45.7 Å². The van der Waals surface area contributed by atoms with E-state index in [1.807, 2.05) is 18.2 Å². The summed E-state index contributed by atoms with van der Waals surface area (Å²) >= 11 is 0. The highest BCUT2D eigenvalue weighted by atomic mass is 16.2. The SMILES string of the molecule is CCn1nc(C)c(CN2C[C@H]3CC[C@@H](C2)N(Cc2ccccn2)C3=O)c1C. The van der Waals surface area contributed by atoms with Crippen molar-refractivity contribution in [3.8, 4) is 0 Å². The molecule has 5 rings (SSSR count). The van der Waals surface area contributed by atoms with Gasteiger partial charge in [0.1, 0.15) is 0 Å². The standard InChI is InChI=1S/C21H29N5O/c1-4-26-16(3)20(15(2)23-26)14-24-11-17-8-9-19(13-24)25(21(17)27)12-18-7-5-6-10-22-18/h5-7,10,17,19H,4,8-9,11-14H2,1-3H3/t17-,19+/m1/s1. The van der Waals surface area contributed by atoms with E-state index in [9.17, 15) is 4.79 Å². The minimum absolute atomic E-state index is 0.106. The summed E-state index contributed by atoms with van der Waals surface area (Å²) in [5.74, 6) is 0.409. The minimum atomic E-state index is 0.106. The summed E-state index contributed by atoms with van der Waals surface area (Å²) in [5, 5.41) is 4.66. The molecule has 1 amide bonds. The van der Waals surface area contributed by atoms with Crippen molar-refractivity contribution in [3.63, 3.8) is 0 Å². The quantitative estimate of drug-likeness (QED) is 0.815. The Bertz CT molecular complexity index is 815. The molecular formula is C21H29N5O. The summed E-state index contributed by atoms with van der Waals surface area (Å²) in [6, 6.07) is 6.20. The van der Waals surface area contributed by atoms with E-state index in [-0.39, 0.29) is 12.0 Å². The Labute approximate surface area is 161 Å². The van der Waals surface area contributed by atoms with E-state index >= 15 is 0 Å². The number of piperidine rings is 1. The zero-order valence-corrected chi connectivity index (χ0v) is 16.6. The van der Waals surface area contributed by atoms with Gasteiger partial charge in [0, 0.05) is 49.7 Å². The van der Waals surface area contributed by atoms with Crippen molar-refractivity contribution in [2.45, 2.75) is 59.3 Å². The number of pyridine rings is 1. The maximum Gasteiger partial charge on any atom is 0.227 e. The highest BCUT2D eigenvalue weighted by Gasteiger charge is 2.40. The number of hydrogen-bond acceptors (Lipinski definition) is 4. The Hall–Kier alpha value is -2.21. The summed E-state index contributed by atoms with van der Waals surface area (Å²) in [7, 11) is 0. The summed E-state index contributed by atoms with van der Waals surface area (Å²) in [6.07, 6.45) is 3.90. The van der Waals surface area contributed by atoms with Crippen molar-refractivity contribution in [2.24, 2.45) is 5.92 Å². The molecule has 0 N–H and O–H groups in total. The van der Waals surface area contributed by atoms with E-state index in [1.54, 1.807) is 6.20 Å². The average molecular weight is 367 g/mol. The molecule has 2 bridgehead atoms. The van der Waals surface area contributed by atoms with Crippen LogP contribution >= 0.6 is 0 Å². The zero-order valence-electron chi connectivity index (χ0n) is 16.6. The van der Waals surface area contributed by atoms with Crippen molar-refractivity contribution in [1.29, 1.82) is 0 Å². The Balaban J connectivity index is 1.52. The molecule has 0 radical (unpaired) electrons. The van der Waals surface area contributed by atoms with Gasteiger partial charge in [-0.1, -0.05) is 6.07 Å². The van der Waals surface area contributed by atoms with Gasteiger partial charge >= 0.3 is 0 Å². The molecule has 2 aromatic heterocycles. The first kappa shape index (κ1) is 18.2. The molecule has 3 aliphatic heterocycles. The smallest absolute Gasteiger partial charge is 0.227 e. The number of carbonyl (C=O) groups is 1. The lowest BCUT2D eigenvalue weighted by Crippen LogP contribution is -2.47. The highest BCUT2D eigenvalue weighted by Crippen LogP contribution is 2.31. The zero-order chi connectivity index (χ0) is 19.0. The van der Waals surface area contributed by atoms with Crippen LogP contribution in [0.15, 0.2) is 24.4 Å². The van der Waals surface area contributed by atoms with Crippen molar-refractivity contribution >= 4 is 5.91 Å². The van der Waals surface area contributed by atoms with Gasteiger partial charge in [0.2, 0.25) is 5.91 Å². The molecular weight excluding hydrogens is 338 g/mol. The molecule has 6 heteroatoms. The first-order chi connectivity index (χ1) is 13.1. The first-order valence-electron chi connectivity index (χ1n) is 10.0. The van der Waals surface area contributed by atoms with Gasteiger partial charge in [-0.25, -0.2) is 0 Å². The number of hydrogen-bond donors (Lipinski definition) is 0. The number of aromatic nitrogens is 3. The lowest BCUT2D eigenvalue weighted by molar-refractivity contribution is -0.140. The second-order valence-electron chi connectivity index (χ2n) is 7.87. The second kappa shape index (κ2) is 7.43. The van der Waals surface area contributed by atoms with Gasteiger partial charge in [0.25, 0.3) is 0 Å². The van der Waals surface area contributed by atoms with Crippen molar-refractivity contribution in [2.75, 3.05) is 13.1 Å². The van der Waals surface area contributed by atoms with Crippen LogP contribution < -0.4 is 0 Å². The van der Waals surface area contributed by atoms with Gasteiger partial charge in [0.15, 0.2) is 0 Å². The molecule has 0 saturated carbocycles. The fourth-order valence-electron chi connectivity index (χ4n) is 4.63. The van der Waals surface area contributed by atoms with Crippen LogP contribution in [-0.4, -0.2) is 49.6 Å². The van der Waals surface area contributed by atoms with Crippen LogP contribution in [0.3, 0.4) is 0 Å². The van der Waals surface area contributed by atoms with E-state index in [2.05, 4.69) is 45.3 Å². The number of aryl methyl sites for hydroxylation is 2. The summed E-state index contributed by atoms with van der Waals surface area (Å²) < 4.78 is 2.08. The van der Waals surface area contributed by atoms with Crippen LogP contribution in [0.25, 0.3) is 0 Å². The van der Waals surface area contributed by atoms with Gasteiger partial charge in [0.05, 0.1) is 23.9 Å². The van der Waals surface area contributed by atoms with Crippen LogP contribution in [-0.2, 0) is 24.4 Å². The molecule has 3 fully saturated rings. The van der Waals surface area contributed by atoms with Gasteiger partial charge in [-0.3, -0.25) is 19.4 Å². The van der Waals surface area contributed by atoms with Crippen LogP contribution in [0.4, 0.5) is 0 Å². The normalized spacial score (nSPS) is 23.1. The van der Waals surface area contributed by atoms with Crippen LogP contribution in [0, 0.1) is 19.8 Å². The molecule has 0 aliphatic carbocycles. The molecule has 2 aromatic rings. The van der Waals surface area contributed by atoms with Crippen LogP contribution in [0.2, 0.25) is 0 Å². The predicted octanol–water partition coefficient (Wildman–Crippen LogP) is 2.54. The minimum Gasteiger partial charge on any atom is -0.332 e. The molecule has 3 saturated heterocycles. The maximum atomic E-state index is 13.0. The molecule has 5 heterocycles. The third-order valence-electron chi connectivity index (χ3n) is 6.14. The molecule has 0 aromatic carbocycles. The van der Waals surface area contributed by atoms with E-state index in [1.165, 1.54) is 11.3 Å². The molecule has 2 atom stereocenters. The fourth-order valence-corrected chi connectivity index (χ4v) is 4.63. The van der Waals surface area contributed by atoms with Crippen LogP contribution in [0.1, 0.15) is 42.4 Å². The number of amides is 1.